The number of unbranched alkanes of at least 4 members (excludes halogenated alkanes) is 1. The fourth-order valence-corrected chi connectivity index (χ4v) is 5.09. The molecule has 0 saturated heterocycles. The van der Waals surface area contributed by atoms with E-state index in [0.717, 1.165) is 65.0 Å². The van der Waals surface area contributed by atoms with E-state index in [-0.39, 0.29) is 0 Å². The van der Waals surface area contributed by atoms with Gasteiger partial charge < -0.3 is 23.7 Å². The maximum atomic E-state index is 6.96. The topological polar surface area (TPSA) is 48.8 Å². The Morgan fingerprint density at radius 2 is 1.66 bits per heavy atom. The first-order valence-electron chi connectivity index (χ1n) is 13.3. The second-order valence-corrected chi connectivity index (χ2v) is 9.69. The van der Waals surface area contributed by atoms with Gasteiger partial charge in [0.25, 0.3) is 0 Å². The summed E-state index contributed by atoms with van der Waals surface area (Å²) in [5.74, 6) is 4.22. The number of benzene rings is 3. The number of fused-ring (bicyclic) bond motifs is 1. The van der Waals surface area contributed by atoms with Gasteiger partial charge in [0.15, 0.2) is 16.7 Å². The number of aromatic nitrogens is 2. The lowest BCUT2D eigenvalue weighted by molar-refractivity contribution is 0.171. The van der Waals surface area contributed by atoms with Gasteiger partial charge in [-0.3, -0.25) is 0 Å². The van der Waals surface area contributed by atoms with Crippen LogP contribution < -0.4 is 19.1 Å². The van der Waals surface area contributed by atoms with Gasteiger partial charge in [0.1, 0.15) is 30.6 Å². The molecule has 3 aromatic carbocycles. The molecule has 6 nitrogen and oxygen atoms in total. The summed E-state index contributed by atoms with van der Waals surface area (Å²) in [5.41, 5.74) is 3.29. The van der Waals surface area contributed by atoms with Crippen LogP contribution in [0.2, 0.25) is 5.15 Å². The molecule has 1 aromatic heterocycles. The first-order valence-corrected chi connectivity index (χ1v) is 13.7. The van der Waals surface area contributed by atoms with Gasteiger partial charge in [-0.05, 0) is 48.7 Å². The lowest BCUT2D eigenvalue weighted by Crippen LogP contribution is -2.26. The van der Waals surface area contributed by atoms with Crippen LogP contribution in [0.1, 0.15) is 37.8 Å². The first-order chi connectivity index (χ1) is 18.7. The molecule has 0 fully saturated rings. The van der Waals surface area contributed by atoms with Crippen molar-refractivity contribution in [1.29, 1.82) is 0 Å². The summed E-state index contributed by atoms with van der Waals surface area (Å²) >= 11 is 6.96. The molecular formula is C31H34ClN3O3. The highest BCUT2D eigenvalue weighted by Crippen LogP contribution is 2.36. The van der Waals surface area contributed by atoms with E-state index in [0.29, 0.717) is 38.1 Å². The van der Waals surface area contributed by atoms with Crippen molar-refractivity contribution in [2.24, 2.45) is 0 Å². The van der Waals surface area contributed by atoms with E-state index in [4.69, 9.17) is 30.8 Å². The number of hydrogen-bond donors (Lipinski definition) is 0. The summed E-state index contributed by atoms with van der Waals surface area (Å²) in [7, 11) is 0. The molecular weight excluding hydrogens is 498 g/mol. The minimum Gasteiger partial charge on any atom is -0.494 e. The molecule has 5 rings (SSSR count). The molecule has 0 radical (unpaired) electrons. The Morgan fingerprint density at radius 1 is 0.895 bits per heavy atom. The predicted molar refractivity (Wildman–Crippen MR) is 153 cm³/mol. The molecule has 1 aliphatic rings. The molecule has 38 heavy (non-hydrogen) atoms. The Bertz CT molecular complexity index is 1360. The standard InChI is InChI=1S/C31H34ClN3O3/c1-3-5-16-35-30(25-11-7-6-8-12-25)33-29(32)31(35)34(21-23-10-9-13-26(19-23)36-4-2)22-24-14-15-27-28(20-24)38-18-17-37-27/h6-15,19-20H,3-5,16-18,21-22H2,1-2H3. The minimum absolute atomic E-state index is 0.499. The van der Waals surface area contributed by atoms with E-state index in [1.807, 2.05) is 43.3 Å². The van der Waals surface area contributed by atoms with Crippen LogP contribution >= 0.6 is 11.6 Å². The van der Waals surface area contributed by atoms with Crippen LogP contribution in [0.5, 0.6) is 17.2 Å². The number of halogens is 1. The van der Waals surface area contributed by atoms with Crippen LogP contribution in [0, 0.1) is 0 Å². The van der Waals surface area contributed by atoms with Gasteiger partial charge >= 0.3 is 0 Å². The van der Waals surface area contributed by atoms with Gasteiger partial charge in [-0.15, -0.1) is 0 Å². The van der Waals surface area contributed by atoms with Gasteiger partial charge in [-0.2, -0.15) is 0 Å². The lowest BCUT2D eigenvalue weighted by atomic mass is 10.1. The van der Waals surface area contributed by atoms with Crippen molar-refractivity contribution >= 4 is 17.4 Å². The van der Waals surface area contributed by atoms with Gasteiger partial charge in [0, 0.05) is 25.2 Å². The van der Waals surface area contributed by atoms with Crippen molar-refractivity contribution < 1.29 is 14.2 Å². The second-order valence-electron chi connectivity index (χ2n) is 9.34. The third-order valence-corrected chi connectivity index (χ3v) is 6.78. The van der Waals surface area contributed by atoms with Gasteiger partial charge in [0.2, 0.25) is 0 Å². The molecule has 0 amide bonds. The quantitative estimate of drug-likeness (QED) is 0.202. The summed E-state index contributed by atoms with van der Waals surface area (Å²) in [6.07, 6.45) is 2.10. The zero-order valence-electron chi connectivity index (χ0n) is 22.0. The fourth-order valence-electron chi connectivity index (χ4n) is 4.78. The van der Waals surface area contributed by atoms with E-state index in [1.165, 1.54) is 0 Å². The number of hydrogen-bond acceptors (Lipinski definition) is 5. The zero-order chi connectivity index (χ0) is 26.3. The summed E-state index contributed by atoms with van der Waals surface area (Å²) in [5, 5.41) is 0.499. The highest BCUT2D eigenvalue weighted by molar-refractivity contribution is 6.32. The van der Waals surface area contributed by atoms with Crippen LogP contribution in [0.3, 0.4) is 0 Å². The monoisotopic (exact) mass is 531 g/mol. The van der Waals surface area contributed by atoms with E-state index in [9.17, 15) is 0 Å². The SMILES string of the molecule is CCCCn1c(-c2ccccc2)nc(Cl)c1N(Cc1cccc(OCC)c1)Cc1ccc2c(c1)OCCO2. The van der Waals surface area contributed by atoms with Crippen LogP contribution in [0.4, 0.5) is 5.82 Å². The molecule has 4 aromatic rings. The predicted octanol–water partition coefficient (Wildman–Crippen LogP) is 7.38. The number of anilines is 1. The van der Waals surface area contributed by atoms with Crippen molar-refractivity contribution in [2.45, 2.75) is 46.3 Å². The third kappa shape index (κ3) is 5.91. The fraction of sp³-hybridized carbons (Fsp3) is 0.323. The largest absolute Gasteiger partial charge is 0.494 e. The smallest absolute Gasteiger partial charge is 0.172 e. The Labute approximate surface area is 229 Å². The number of ether oxygens (including phenoxy) is 3. The van der Waals surface area contributed by atoms with Gasteiger partial charge in [-0.1, -0.05) is 73.5 Å². The van der Waals surface area contributed by atoms with E-state index >= 15 is 0 Å². The Hall–Kier alpha value is -3.64. The van der Waals surface area contributed by atoms with Crippen molar-refractivity contribution in [1.82, 2.24) is 9.55 Å². The number of nitrogens with zero attached hydrogens (tertiary/aromatic N) is 3. The minimum atomic E-state index is 0.499. The van der Waals surface area contributed by atoms with Gasteiger partial charge in [0.05, 0.1) is 6.61 Å². The van der Waals surface area contributed by atoms with Crippen molar-refractivity contribution in [2.75, 3.05) is 24.7 Å². The molecule has 0 N–H and O–H groups in total. The van der Waals surface area contributed by atoms with Crippen LogP contribution in [0.15, 0.2) is 72.8 Å². The highest BCUT2D eigenvalue weighted by Gasteiger charge is 2.24. The molecule has 0 bridgehead atoms. The highest BCUT2D eigenvalue weighted by atomic mass is 35.5. The van der Waals surface area contributed by atoms with Crippen LogP contribution in [-0.2, 0) is 19.6 Å². The lowest BCUT2D eigenvalue weighted by Gasteiger charge is -2.28. The van der Waals surface area contributed by atoms with Crippen LogP contribution in [-0.4, -0.2) is 29.4 Å². The van der Waals surface area contributed by atoms with E-state index in [1.54, 1.807) is 0 Å². The Morgan fingerprint density at radius 3 is 2.42 bits per heavy atom. The molecule has 7 heteroatoms. The second kappa shape index (κ2) is 12.3. The van der Waals surface area contributed by atoms with Gasteiger partial charge in [-0.25, -0.2) is 4.98 Å². The molecule has 0 unspecified atom stereocenters. The van der Waals surface area contributed by atoms with E-state index in [2.05, 4.69) is 52.8 Å². The normalized spacial score (nSPS) is 12.4. The summed E-state index contributed by atoms with van der Waals surface area (Å²) in [4.78, 5) is 7.17. The molecule has 0 saturated carbocycles. The average molecular weight is 532 g/mol. The molecule has 2 heterocycles. The molecule has 0 spiro atoms. The van der Waals surface area contributed by atoms with Crippen molar-refractivity contribution in [3.63, 3.8) is 0 Å². The molecule has 0 aliphatic carbocycles. The maximum absolute atomic E-state index is 6.96. The number of rotatable bonds is 11. The van der Waals surface area contributed by atoms with Crippen molar-refractivity contribution in [3.8, 4) is 28.6 Å². The summed E-state index contributed by atoms with van der Waals surface area (Å²) in [6, 6.07) is 24.7. The van der Waals surface area contributed by atoms with E-state index < -0.39 is 0 Å². The summed E-state index contributed by atoms with van der Waals surface area (Å²) in [6.45, 7) is 8.05. The Balaban J connectivity index is 1.57. The maximum Gasteiger partial charge on any atom is 0.172 e. The molecule has 1 aliphatic heterocycles. The summed E-state index contributed by atoms with van der Waals surface area (Å²) < 4.78 is 19.7. The molecule has 198 valence electrons. The zero-order valence-corrected chi connectivity index (χ0v) is 22.8. The molecule has 0 atom stereocenters. The number of imidazole rings is 1. The Kier molecular flexibility index (Phi) is 8.39. The average Bonchev–Trinajstić information content (AvgIpc) is 3.28. The third-order valence-electron chi connectivity index (χ3n) is 6.53. The first kappa shape index (κ1) is 26.0. The van der Waals surface area contributed by atoms with Crippen LogP contribution in [0.25, 0.3) is 11.4 Å². The van der Waals surface area contributed by atoms with Crippen molar-refractivity contribution in [3.05, 3.63) is 89.1 Å².